The summed E-state index contributed by atoms with van der Waals surface area (Å²) in [6.45, 7) is 6.42. The van der Waals surface area contributed by atoms with Crippen LogP contribution in [0.1, 0.15) is 26.3 Å². The molecule has 0 aliphatic heterocycles. The molecule has 6 nitrogen and oxygen atoms in total. The Morgan fingerprint density at radius 3 is 2.24 bits per heavy atom. The number of benzene rings is 2. The molecule has 29 heavy (non-hydrogen) atoms. The van der Waals surface area contributed by atoms with Crippen molar-refractivity contribution in [1.29, 1.82) is 0 Å². The molecule has 2 heterocycles. The predicted molar refractivity (Wildman–Crippen MR) is 116 cm³/mol. The molecule has 0 radical (unpaired) electrons. The third-order valence-electron chi connectivity index (χ3n) is 4.85. The first-order valence-electron chi connectivity index (χ1n) is 9.42. The lowest BCUT2D eigenvalue weighted by Crippen LogP contribution is -2.23. The molecule has 0 spiro atoms. The molecular weight excluding hydrogens is 364 g/mol. The molecule has 0 bridgehead atoms. The molecule has 4 rings (SSSR count). The van der Waals surface area contributed by atoms with Gasteiger partial charge in [0.05, 0.1) is 11.1 Å². The third-order valence-corrected chi connectivity index (χ3v) is 4.85. The van der Waals surface area contributed by atoms with Crippen molar-refractivity contribution in [2.75, 3.05) is 5.32 Å². The number of H-pyrrole nitrogens is 1. The lowest BCUT2D eigenvalue weighted by atomic mass is 9.87. The maximum absolute atomic E-state index is 13.1. The number of anilines is 2. The van der Waals surface area contributed by atoms with E-state index in [1.54, 1.807) is 24.4 Å². The van der Waals surface area contributed by atoms with Gasteiger partial charge in [0.25, 0.3) is 11.1 Å². The highest BCUT2D eigenvalue weighted by Gasteiger charge is 2.15. The third kappa shape index (κ3) is 3.57. The van der Waals surface area contributed by atoms with Crippen LogP contribution in [0.15, 0.2) is 76.4 Å². The number of aromatic amines is 1. The van der Waals surface area contributed by atoms with Gasteiger partial charge in [0, 0.05) is 11.6 Å². The summed E-state index contributed by atoms with van der Waals surface area (Å²) in [5, 5.41) is 8.79. The Hall–Kier alpha value is -3.67. The number of fused-ring (bicyclic) bond motifs is 1. The van der Waals surface area contributed by atoms with Gasteiger partial charge in [0.2, 0.25) is 0 Å². The second kappa shape index (κ2) is 7.05. The summed E-state index contributed by atoms with van der Waals surface area (Å²) in [7, 11) is 0. The zero-order valence-electron chi connectivity index (χ0n) is 16.6. The topological polar surface area (TPSA) is 79.8 Å². The Bertz CT molecular complexity index is 1300. The largest absolute Gasteiger partial charge is 0.334 e. The SMILES string of the molecule is CC(C)(C)c1ccc(-n2nc(Nc3ccc[nH]c3=O)c3ccccc3c2=O)cc1. The van der Waals surface area contributed by atoms with Crippen molar-refractivity contribution in [3.05, 3.63) is 93.1 Å². The zero-order valence-corrected chi connectivity index (χ0v) is 16.6. The first-order chi connectivity index (χ1) is 13.8. The van der Waals surface area contributed by atoms with Gasteiger partial charge >= 0.3 is 0 Å². The van der Waals surface area contributed by atoms with E-state index < -0.39 is 0 Å². The average molecular weight is 386 g/mol. The summed E-state index contributed by atoms with van der Waals surface area (Å²) in [6.07, 6.45) is 1.57. The van der Waals surface area contributed by atoms with E-state index in [1.807, 2.05) is 42.5 Å². The number of rotatable bonds is 3. The van der Waals surface area contributed by atoms with Crippen LogP contribution < -0.4 is 16.4 Å². The maximum atomic E-state index is 13.1. The Morgan fingerprint density at radius 1 is 0.897 bits per heavy atom. The van der Waals surface area contributed by atoms with E-state index >= 15 is 0 Å². The lowest BCUT2D eigenvalue weighted by Gasteiger charge is -2.19. The number of pyridine rings is 1. The Kier molecular flexibility index (Phi) is 4.54. The van der Waals surface area contributed by atoms with Crippen molar-refractivity contribution in [2.24, 2.45) is 0 Å². The molecule has 6 heteroatoms. The van der Waals surface area contributed by atoms with Crippen LogP contribution in [0.25, 0.3) is 16.5 Å². The van der Waals surface area contributed by atoms with Crippen LogP contribution in [0.4, 0.5) is 11.5 Å². The van der Waals surface area contributed by atoms with Gasteiger partial charge in [-0.15, -0.1) is 5.10 Å². The second-order valence-electron chi connectivity index (χ2n) is 7.95. The van der Waals surface area contributed by atoms with Gasteiger partial charge in [-0.1, -0.05) is 51.1 Å². The zero-order chi connectivity index (χ0) is 20.6. The van der Waals surface area contributed by atoms with E-state index in [0.29, 0.717) is 28.0 Å². The summed E-state index contributed by atoms with van der Waals surface area (Å²) >= 11 is 0. The summed E-state index contributed by atoms with van der Waals surface area (Å²) < 4.78 is 1.37. The minimum absolute atomic E-state index is 0.0152. The van der Waals surface area contributed by atoms with Gasteiger partial charge in [-0.3, -0.25) is 9.59 Å². The van der Waals surface area contributed by atoms with Crippen molar-refractivity contribution in [2.45, 2.75) is 26.2 Å². The molecule has 2 N–H and O–H groups in total. The molecular formula is C23H22N4O2. The first kappa shape index (κ1) is 18.7. The van der Waals surface area contributed by atoms with Crippen LogP contribution in [0, 0.1) is 0 Å². The van der Waals surface area contributed by atoms with Gasteiger partial charge in [-0.2, -0.15) is 4.68 Å². The van der Waals surface area contributed by atoms with E-state index in [0.717, 1.165) is 0 Å². The Morgan fingerprint density at radius 2 is 1.59 bits per heavy atom. The van der Waals surface area contributed by atoms with E-state index in [9.17, 15) is 9.59 Å². The summed E-state index contributed by atoms with van der Waals surface area (Å²) in [5.41, 5.74) is 1.74. The van der Waals surface area contributed by atoms with Crippen LogP contribution >= 0.6 is 0 Å². The fourth-order valence-corrected chi connectivity index (χ4v) is 3.21. The first-order valence-corrected chi connectivity index (χ1v) is 9.42. The van der Waals surface area contributed by atoms with E-state index in [4.69, 9.17) is 0 Å². The number of hydrogen-bond acceptors (Lipinski definition) is 4. The molecule has 0 aliphatic rings. The molecule has 0 saturated carbocycles. The van der Waals surface area contributed by atoms with Crippen molar-refractivity contribution in [3.63, 3.8) is 0 Å². The quantitative estimate of drug-likeness (QED) is 0.555. The summed E-state index contributed by atoms with van der Waals surface area (Å²) in [6, 6.07) is 18.4. The van der Waals surface area contributed by atoms with Gasteiger partial charge < -0.3 is 10.3 Å². The second-order valence-corrected chi connectivity index (χ2v) is 7.95. The summed E-state index contributed by atoms with van der Waals surface area (Å²) in [4.78, 5) is 27.8. The van der Waals surface area contributed by atoms with Crippen molar-refractivity contribution >= 4 is 22.3 Å². The highest BCUT2D eigenvalue weighted by atomic mass is 16.1. The van der Waals surface area contributed by atoms with E-state index in [1.165, 1.54) is 10.2 Å². The molecule has 0 unspecified atom stereocenters. The normalized spacial score (nSPS) is 11.6. The van der Waals surface area contributed by atoms with Gasteiger partial charge in [-0.05, 0) is 41.3 Å². The molecule has 0 amide bonds. The molecule has 0 fully saturated rings. The molecule has 2 aromatic carbocycles. The average Bonchev–Trinajstić information content (AvgIpc) is 2.71. The highest BCUT2D eigenvalue weighted by molar-refractivity contribution is 5.92. The van der Waals surface area contributed by atoms with Gasteiger partial charge in [0.1, 0.15) is 5.69 Å². The maximum Gasteiger partial charge on any atom is 0.279 e. The number of nitrogens with zero attached hydrogens (tertiary/aromatic N) is 2. The lowest BCUT2D eigenvalue weighted by molar-refractivity contribution is 0.590. The molecule has 4 aromatic rings. The molecule has 146 valence electrons. The number of hydrogen-bond donors (Lipinski definition) is 2. The minimum atomic E-state index is -0.259. The van der Waals surface area contributed by atoms with E-state index in [-0.39, 0.29) is 16.5 Å². The van der Waals surface area contributed by atoms with Crippen molar-refractivity contribution in [1.82, 2.24) is 14.8 Å². The van der Waals surface area contributed by atoms with Crippen LogP contribution in [-0.2, 0) is 5.41 Å². The Labute approximate surface area is 167 Å². The van der Waals surface area contributed by atoms with Crippen molar-refractivity contribution < 1.29 is 0 Å². The van der Waals surface area contributed by atoms with E-state index in [2.05, 4.69) is 36.2 Å². The smallest absolute Gasteiger partial charge is 0.279 e. The van der Waals surface area contributed by atoms with Crippen LogP contribution in [0.5, 0.6) is 0 Å². The molecule has 2 aromatic heterocycles. The highest BCUT2D eigenvalue weighted by Crippen LogP contribution is 2.24. The van der Waals surface area contributed by atoms with Gasteiger partial charge in [-0.25, -0.2) is 0 Å². The Balaban J connectivity index is 1.89. The van der Waals surface area contributed by atoms with Crippen LogP contribution in [0.2, 0.25) is 0 Å². The molecule has 0 aliphatic carbocycles. The fraction of sp³-hybridized carbons (Fsp3) is 0.174. The van der Waals surface area contributed by atoms with Crippen molar-refractivity contribution in [3.8, 4) is 5.69 Å². The standard InChI is InChI=1S/C23H22N4O2/c1-23(2,3)15-10-12-16(13-11-15)27-22(29)18-8-5-4-7-17(18)20(26-27)25-19-9-6-14-24-21(19)28/h4-14H,1-3H3,(H,24,28)(H,25,26). The fourth-order valence-electron chi connectivity index (χ4n) is 3.21. The minimum Gasteiger partial charge on any atom is -0.334 e. The van der Waals surface area contributed by atoms with Gasteiger partial charge in [0.15, 0.2) is 5.82 Å². The number of nitrogens with one attached hydrogen (secondary N) is 2. The summed E-state index contributed by atoms with van der Waals surface area (Å²) in [5.74, 6) is 0.441. The van der Waals surface area contributed by atoms with Crippen LogP contribution in [0.3, 0.4) is 0 Å². The number of aromatic nitrogens is 3. The molecule has 0 saturated heterocycles. The van der Waals surface area contributed by atoms with Crippen LogP contribution in [-0.4, -0.2) is 14.8 Å². The predicted octanol–water partition coefficient (Wildman–Crippen LogP) is 4.12. The monoisotopic (exact) mass is 386 g/mol. The molecule has 0 atom stereocenters.